The number of fused-ring (bicyclic) bond motifs is 1. The van der Waals surface area contributed by atoms with Crippen molar-refractivity contribution in [3.05, 3.63) is 92.3 Å². The lowest BCUT2D eigenvalue weighted by Gasteiger charge is -2.27. The lowest BCUT2D eigenvalue weighted by atomic mass is 9.82. The van der Waals surface area contributed by atoms with Crippen molar-refractivity contribution in [2.24, 2.45) is 5.73 Å². The topological polar surface area (TPSA) is 130 Å². The minimum absolute atomic E-state index is 0.0101. The highest BCUT2D eigenvalue weighted by atomic mass is 16.5. The molecule has 0 fully saturated rings. The van der Waals surface area contributed by atoms with Gasteiger partial charge in [-0.15, -0.1) is 0 Å². The number of methoxy groups -OCH3 is 1. The van der Waals surface area contributed by atoms with Gasteiger partial charge in [-0.1, -0.05) is 17.7 Å². The zero-order valence-electron chi connectivity index (χ0n) is 19.3. The summed E-state index contributed by atoms with van der Waals surface area (Å²) in [7, 11) is 1.55. The zero-order valence-corrected chi connectivity index (χ0v) is 19.3. The number of rotatable bonds is 4. The van der Waals surface area contributed by atoms with Crippen LogP contribution in [0.25, 0.3) is 10.9 Å². The molecule has 2 heterocycles. The van der Waals surface area contributed by atoms with Gasteiger partial charge >= 0.3 is 0 Å². The van der Waals surface area contributed by atoms with Crippen LogP contribution in [0.1, 0.15) is 29.5 Å². The molecule has 2 aromatic carbocycles. The summed E-state index contributed by atoms with van der Waals surface area (Å²) in [6.07, 6.45) is 0. The van der Waals surface area contributed by atoms with E-state index in [9.17, 15) is 14.9 Å². The van der Waals surface area contributed by atoms with Gasteiger partial charge in [-0.3, -0.25) is 9.59 Å². The van der Waals surface area contributed by atoms with E-state index < -0.39 is 17.4 Å². The van der Waals surface area contributed by atoms with Crippen molar-refractivity contribution in [2.75, 3.05) is 12.4 Å². The number of carbonyl (C=O) groups excluding carboxylic acids is 1. The van der Waals surface area contributed by atoms with Crippen LogP contribution >= 0.6 is 0 Å². The second kappa shape index (κ2) is 8.79. The summed E-state index contributed by atoms with van der Waals surface area (Å²) < 4.78 is 10.8. The monoisotopic (exact) mass is 456 g/mol. The van der Waals surface area contributed by atoms with Crippen LogP contribution in [-0.2, 0) is 9.53 Å². The lowest BCUT2D eigenvalue weighted by molar-refractivity contribution is -0.113. The summed E-state index contributed by atoms with van der Waals surface area (Å²) in [5.74, 6) is -0.816. The van der Waals surface area contributed by atoms with Crippen molar-refractivity contribution in [2.45, 2.75) is 26.7 Å². The Hall–Kier alpha value is -4.51. The van der Waals surface area contributed by atoms with Gasteiger partial charge in [0.25, 0.3) is 11.5 Å². The molecule has 1 aliphatic heterocycles. The number of benzene rings is 2. The Bertz CT molecular complexity index is 1490. The lowest BCUT2D eigenvalue weighted by Crippen LogP contribution is -2.31. The maximum Gasteiger partial charge on any atom is 0.256 e. The third-order valence-electron chi connectivity index (χ3n) is 5.87. The molecule has 0 aliphatic carbocycles. The van der Waals surface area contributed by atoms with Crippen molar-refractivity contribution in [1.29, 1.82) is 5.26 Å². The predicted molar refractivity (Wildman–Crippen MR) is 129 cm³/mol. The maximum absolute atomic E-state index is 13.5. The van der Waals surface area contributed by atoms with Crippen molar-refractivity contribution < 1.29 is 14.3 Å². The molecule has 0 radical (unpaired) electrons. The predicted octanol–water partition coefficient (Wildman–Crippen LogP) is 3.87. The first-order valence-corrected chi connectivity index (χ1v) is 10.6. The number of aromatic amines is 1. The number of amides is 1. The van der Waals surface area contributed by atoms with Gasteiger partial charge in [0.1, 0.15) is 23.2 Å². The Morgan fingerprint density at radius 2 is 1.94 bits per heavy atom. The zero-order chi connectivity index (χ0) is 24.6. The molecule has 0 saturated carbocycles. The number of nitrogens with two attached hydrogens (primary N) is 1. The Morgan fingerprint density at radius 1 is 1.18 bits per heavy atom. The van der Waals surface area contributed by atoms with Crippen LogP contribution in [0.5, 0.6) is 5.75 Å². The number of anilines is 1. The van der Waals surface area contributed by atoms with E-state index in [-0.39, 0.29) is 28.4 Å². The molecule has 0 spiro atoms. The summed E-state index contributed by atoms with van der Waals surface area (Å²) in [5, 5.41) is 13.4. The fraction of sp³-hybridized carbons (Fsp3) is 0.192. The number of hydrogen-bond donors (Lipinski definition) is 3. The number of aryl methyl sites for hydroxylation is 2. The fourth-order valence-corrected chi connectivity index (χ4v) is 4.17. The molecule has 172 valence electrons. The maximum atomic E-state index is 13.5. The molecule has 0 bridgehead atoms. The van der Waals surface area contributed by atoms with E-state index >= 15 is 0 Å². The van der Waals surface area contributed by atoms with Gasteiger partial charge in [0.2, 0.25) is 5.88 Å². The van der Waals surface area contributed by atoms with Crippen molar-refractivity contribution in [3.8, 4) is 11.8 Å². The van der Waals surface area contributed by atoms with Crippen molar-refractivity contribution >= 4 is 22.5 Å². The van der Waals surface area contributed by atoms with Gasteiger partial charge in [0.05, 0.1) is 18.6 Å². The third kappa shape index (κ3) is 3.99. The summed E-state index contributed by atoms with van der Waals surface area (Å²) in [6, 6.07) is 14.5. The highest BCUT2D eigenvalue weighted by molar-refractivity contribution is 6.06. The standard InChI is InChI=1S/C26H24N4O4/c1-13-5-7-20(14(2)9-13)29-26(32)22-15(3)34-24(28)19(12-27)23(22)18-11-16-10-17(33-4)6-8-21(16)30-25(18)31/h5-11,23H,28H2,1-4H3,(H,29,32)(H,30,31). The molecule has 34 heavy (non-hydrogen) atoms. The first-order chi connectivity index (χ1) is 16.2. The van der Waals surface area contributed by atoms with Gasteiger partial charge in [-0.05, 0) is 56.7 Å². The quantitative estimate of drug-likeness (QED) is 0.546. The molecule has 8 nitrogen and oxygen atoms in total. The van der Waals surface area contributed by atoms with E-state index in [4.69, 9.17) is 15.2 Å². The van der Waals surface area contributed by atoms with Crippen LogP contribution in [0.4, 0.5) is 5.69 Å². The summed E-state index contributed by atoms with van der Waals surface area (Å²) in [5.41, 5.74) is 9.06. The Balaban J connectivity index is 1.87. The number of hydrogen-bond acceptors (Lipinski definition) is 6. The van der Waals surface area contributed by atoms with Gasteiger partial charge in [-0.25, -0.2) is 0 Å². The largest absolute Gasteiger partial charge is 0.497 e. The number of H-pyrrole nitrogens is 1. The number of carbonyl (C=O) groups is 1. The molecule has 1 amide bonds. The molecule has 8 heteroatoms. The Labute approximate surface area is 196 Å². The van der Waals surface area contributed by atoms with E-state index in [2.05, 4.69) is 10.3 Å². The first kappa shape index (κ1) is 22.7. The molecule has 4 N–H and O–H groups in total. The van der Waals surface area contributed by atoms with Crippen molar-refractivity contribution in [1.82, 2.24) is 4.98 Å². The number of pyridine rings is 1. The number of allylic oxidation sites excluding steroid dienone is 2. The number of nitriles is 1. The van der Waals surface area contributed by atoms with E-state index in [1.807, 2.05) is 38.1 Å². The molecule has 1 unspecified atom stereocenters. The van der Waals surface area contributed by atoms with Crippen LogP contribution in [-0.4, -0.2) is 18.0 Å². The Morgan fingerprint density at radius 3 is 2.62 bits per heavy atom. The van der Waals surface area contributed by atoms with E-state index in [0.717, 1.165) is 11.1 Å². The van der Waals surface area contributed by atoms with Crippen LogP contribution in [0.3, 0.4) is 0 Å². The van der Waals surface area contributed by atoms with E-state index in [1.54, 1.807) is 38.3 Å². The molecular formula is C26H24N4O4. The minimum Gasteiger partial charge on any atom is -0.497 e. The smallest absolute Gasteiger partial charge is 0.256 e. The average Bonchev–Trinajstić information content (AvgIpc) is 2.79. The Kier molecular flexibility index (Phi) is 5.86. The molecule has 3 aromatic rings. The number of aromatic nitrogens is 1. The fourth-order valence-electron chi connectivity index (χ4n) is 4.17. The highest BCUT2D eigenvalue weighted by Crippen LogP contribution is 2.39. The van der Waals surface area contributed by atoms with Crippen LogP contribution < -0.4 is 21.3 Å². The number of nitrogens with zero attached hydrogens (tertiary/aromatic N) is 1. The SMILES string of the molecule is COc1ccc2[nH]c(=O)c(C3C(C#N)=C(N)OC(C)=C3C(=O)Nc3ccc(C)cc3C)cc2c1. The molecule has 4 rings (SSSR count). The van der Waals surface area contributed by atoms with Crippen LogP contribution in [0.2, 0.25) is 0 Å². The van der Waals surface area contributed by atoms with E-state index in [0.29, 0.717) is 22.3 Å². The van der Waals surface area contributed by atoms with Gasteiger partial charge in [0.15, 0.2) is 0 Å². The minimum atomic E-state index is -1.01. The van der Waals surface area contributed by atoms with Gasteiger partial charge in [0, 0.05) is 22.2 Å². The summed E-state index contributed by atoms with van der Waals surface area (Å²) in [4.78, 5) is 29.4. The number of ether oxygens (including phenoxy) is 2. The molecule has 1 atom stereocenters. The summed E-state index contributed by atoms with van der Waals surface area (Å²) in [6.45, 7) is 5.44. The normalized spacial score (nSPS) is 15.7. The highest BCUT2D eigenvalue weighted by Gasteiger charge is 2.37. The second-order valence-electron chi connectivity index (χ2n) is 8.17. The molecule has 0 saturated heterocycles. The van der Waals surface area contributed by atoms with Gasteiger partial charge < -0.3 is 25.5 Å². The van der Waals surface area contributed by atoms with Crippen LogP contribution in [0.15, 0.2) is 70.0 Å². The third-order valence-corrected chi connectivity index (χ3v) is 5.87. The second-order valence-corrected chi connectivity index (χ2v) is 8.17. The van der Waals surface area contributed by atoms with E-state index in [1.165, 1.54) is 0 Å². The molecule has 1 aromatic heterocycles. The average molecular weight is 457 g/mol. The van der Waals surface area contributed by atoms with Gasteiger partial charge in [-0.2, -0.15) is 5.26 Å². The molecule has 1 aliphatic rings. The number of nitrogens with one attached hydrogen (secondary N) is 2. The summed E-state index contributed by atoms with van der Waals surface area (Å²) >= 11 is 0. The first-order valence-electron chi connectivity index (χ1n) is 10.6. The van der Waals surface area contributed by atoms with Crippen LogP contribution in [0, 0.1) is 25.2 Å². The van der Waals surface area contributed by atoms with Crippen molar-refractivity contribution in [3.63, 3.8) is 0 Å². The molecular weight excluding hydrogens is 432 g/mol.